The highest BCUT2D eigenvalue weighted by molar-refractivity contribution is 6.04. The van der Waals surface area contributed by atoms with E-state index in [4.69, 9.17) is 0 Å². The van der Waals surface area contributed by atoms with Crippen molar-refractivity contribution in [3.05, 3.63) is 35.9 Å². The Morgan fingerprint density at radius 1 is 1.00 bits per heavy atom. The largest absolute Gasteiger partial charge is 0.340 e. The number of benzene rings is 1. The summed E-state index contributed by atoms with van der Waals surface area (Å²) < 4.78 is 0. The van der Waals surface area contributed by atoms with E-state index in [0.29, 0.717) is 12.0 Å². The number of carbonyl (C=O) groups is 3. The summed E-state index contributed by atoms with van der Waals surface area (Å²) in [6.45, 7) is 2.04. The molecular formula is C14H19N3O3. The Hall–Kier alpha value is -2.37. The summed E-state index contributed by atoms with van der Waals surface area (Å²) in [6, 6.07) is 7.58. The van der Waals surface area contributed by atoms with Gasteiger partial charge in [-0.15, -0.1) is 0 Å². The summed E-state index contributed by atoms with van der Waals surface area (Å²) in [4.78, 5) is 34.4. The summed E-state index contributed by atoms with van der Waals surface area (Å²) in [5, 5.41) is 2.12. The number of rotatable bonds is 5. The molecule has 0 atom stereocenters. The second kappa shape index (κ2) is 8.68. The van der Waals surface area contributed by atoms with Gasteiger partial charge in [-0.2, -0.15) is 0 Å². The van der Waals surface area contributed by atoms with Crippen LogP contribution in [-0.4, -0.2) is 17.8 Å². The Morgan fingerprint density at radius 3 is 2.35 bits per heavy atom. The van der Waals surface area contributed by atoms with Crippen molar-refractivity contribution in [3.63, 3.8) is 0 Å². The fourth-order valence-electron chi connectivity index (χ4n) is 1.52. The lowest BCUT2D eigenvalue weighted by atomic mass is 10.2. The number of amides is 4. The highest BCUT2D eigenvalue weighted by atomic mass is 16.2. The van der Waals surface area contributed by atoms with E-state index < -0.39 is 11.9 Å². The van der Waals surface area contributed by atoms with Gasteiger partial charge < -0.3 is 0 Å². The van der Waals surface area contributed by atoms with Crippen LogP contribution in [0.2, 0.25) is 0 Å². The first-order valence-electron chi connectivity index (χ1n) is 6.58. The zero-order valence-corrected chi connectivity index (χ0v) is 11.4. The van der Waals surface area contributed by atoms with E-state index in [1.165, 1.54) is 0 Å². The average Bonchev–Trinajstić information content (AvgIpc) is 2.46. The van der Waals surface area contributed by atoms with Crippen LogP contribution in [0.1, 0.15) is 43.0 Å². The molecule has 1 aromatic carbocycles. The molecule has 0 bridgehead atoms. The van der Waals surface area contributed by atoms with Crippen molar-refractivity contribution >= 4 is 17.8 Å². The van der Waals surface area contributed by atoms with Crippen LogP contribution < -0.4 is 16.2 Å². The Labute approximate surface area is 117 Å². The molecule has 6 nitrogen and oxygen atoms in total. The third-order valence-electron chi connectivity index (χ3n) is 2.59. The number of hydrogen-bond donors (Lipinski definition) is 3. The van der Waals surface area contributed by atoms with Crippen LogP contribution in [-0.2, 0) is 4.79 Å². The van der Waals surface area contributed by atoms with Crippen molar-refractivity contribution in [2.45, 2.75) is 32.6 Å². The fourth-order valence-corrected chi connectivity index (χ4v) is 1.52. The summed E-state index contributed by atoms with van der Waals surface area (Å²) >= 11 is 0. The van der Waals surface area contributed by atoms with Gasteiger partial charge in [0.25, 0.3) is 5.91 Å². The second-order valence-corrected chi connectivity index (χ2v) is 4.28. The van der Waals surface area contributed by atoms with Crippen LogP contribution >= 0.6 is 0 Å². The molecule has 0 unspecified atom stereocenters. The van der Waals surface area contributed by atoms with Crippen LogP contribution in [0.4, 0.5) is 4.79 Å². The maximum Gasteiger partial charge on any atom is 0.340 e. The molecule has 0 spiro atoms. The quantitative estimate of drug-likeness (QED) is 0.566. The molecule has 1 rings (SSSR count). The number of nitrogens with one attached hydrogen (secondary N) is 3. The monoisotopic (exact) mass is 277 g/mol. The predicted octanol–water partition coefficient (Wildman–Crippen LogP) is 1.74. The van der Waals surface area contributed by atoms with Crippen LogP contribution in [0.3, 0.4) is 0 Å². The van der Waals surface area contributed by atoms with Crippen molar-refractivity contribution in [2.24, 2.45) is 0 Å². The van der Waals surface area contributed by atoms with Crippen LogP contribution in [0.5, 0.6) is 0 Å². The van der Waals surface area contributed by atoms with Gasteiger partial charge in [-0.25, -0.2) is 10.2 Å². The van der Waals surface area contributed by atoms with Crippen molar-refractivity contribution < 1.29 is 14.4 Å². The Balaban J connectivity index is 2.27. The SMILES string of the molecule is CCCCCC(=O)NNC(=O)NC(=O)c1ccccc1. The minimum atomic E-state index is -0.761. The van der Waals surface area contributed by atoms with E-state index in [1.807, 2.05) is 6.92 Å². The molecule has 6 heteroatoms. The zero-order valence-electron chi connectivity index (χ0n) is 11.4. The maximum absolute atomic E-state index is 11.6. The van der Waals surface area contributed by atoms with Crippen LogP contribution in [0, 0.1) is 0 Å². The number of urea groups is 1. The van der Waals surface area contributed by atoms with E-state index >= 15 is 0 Å². The molecule has 0 aliphatic rings. The molecule has 0 aromatic heterocycles. The van der Waals surface area contributed by atoms with Gasteiger partial charge in [0.05, 0.1) is 0 Å². The van der Waals surface area contributed by atoms with Gasteiger partial charge in [-0.05, 0) is 18.6 Å². The standard InChI is InChI=1S/C14H19N3O3/c1-2-3-5-10-12(18)16-17-14(20)15-13(19)11-8-6-4-7-9-11/h4,6-9H,2-3,5,10H2,1H3,(H,16,18)(H2,15,17,19,20). The predicted molar refractivity (Wildman–Crippen MR) is 74.7 cm³/mol. The molecule has 3 N–H and O–H groups in total. The highest BCUT2D eigenvalue weighted by Gasteiger charge is 2.10. The lowest BCUT2D eigenvalue weighted by Crippen LogP contribution is -2.48. The van der Waals surface area contributed by atoms with Crippen molar-refractivity contribution in [3.8, 4) is 0 Å². The minimum Gasteiger partial charge on any atom is -0.273 e. The molecule has 1 aromatic rings. The minimum absolute atomic E-state index is 0.277. The van der Waals surface area contributed by atoms with Gasteiger partial charge in [0.15, 0.2) is 0 Å². The van der Waals surface area contributed by atoms with E-state index in [1.54, 1.807) is 30.3 Å². The molecule has 0 radical (unpaired) electrons. The lowest BCUT2D eigenvalue weighted by Gasteiger charge is -2.08. The third-order valence-corrected chi connectivity index (χ3v) is 2.59. The molecule has 0 heterocycles. The molecule has 4 amide bonds. The first-order chi connectivity index (χ1) is 9.63. The lowest BCUT2D eigenvalue weighted by molar-refractivity contribution is -0.121. The number of unbranched alkanes of at least 4 members (excludes halogenated alkanes) is 2. The van der Waals surface area contributed by atoms with E-state index in [0.717, 1.165) is 19.3 Å². The summed E-state index contributed by atoms with van der Waals surface area (Å²) in [6.07, 6.45) is 3.11. The Kier molecular flexibility index (Phi) is 6.81. The Bertz CT molecular complexity index is 460. The molecule has 0 saturated heterocycles. The van der Waals surface area contributed by atoms with Gasteiger partial charge in [0, 0.05) is 12.0 Å². The Morgan fingerprint density at radius 2 is 1.70 bits per heavy atom. The van der Waals surface area contributed by atoms with Crippen molar-refractivity contribution in [2.75, 3.05) is 0 Å². The fraction of sp³-hybridized carbons (Fsp3) is 0.357. The van der Waals surface area contributed by atoms with Crippen LogP contribution in [0.15, 0.2) is 30.3 Å². The molecule has 0 aliphatic heterocycles. The molecule has 0 aliphatic carbocycles. The van der Waals surface area contributed by atoms with Crippen LogP contribution in [0.25, 0.3) is 0 Å². The molecule has 20 heavy (non-hydrogen) atoms. The third kappa shape index (κ3) is 5.99. The maximum atomic E-state index is 11.6. The summed E-state index contributed by atoms with van der Waals surface area (Å²) in [7, 11) is 0. The molecule has 0 fully saturated rings. The van der Waals surface area contributed by atoms with Gasteiger partial charge in [-0.1, -0.05) is 38.0 Å². The topological polar surface area (TPSA) is 87.3 Å². The van der Waals surface area contributed by atoms with E-state index in [-0.39, 0.29) is 5.91 Å². The first kappa shape index (κ1) is 15.7. The molecule has 0 saturated carbocycles. The zero-order chi connectivity index (χ0) is 14.8. The van der Waals surface area contributed by atoms with Gasteiger partial charge in [-0.3, -0.25) is 20.3 Å². The van der Waals surface area contributed by atoms with Crippen molar-refractivity contribution in [1.29, 1.82) is 0 Å². The summed E-state index contributed by atoms with van der Waals surface area (Å²) in [5.41, 5.74) is 4.76. The molecule has 108 valence electrons. The molecular weight excluding hydrogens is 258 g/mol. The highest BCUT2D eigenvalue weighted by Crippen LogP contribution is 1.98. The number of imide groups is 1. The summed E-state index contributed by atoms with van der Waals surface area (Å²) in [5.74, 6) is -0.802. The average molecular weight is 277 g/mol. The van der Waals surface area contributed by atoms with E-state index in [9.17, 15) is 14.4 Å². The number of hydrazine groups is 1. The number of carbonyl (C=O) groups excluding carboxylic acids is 3. The van der Waals surface area contributed by atoms with Gasteiger partial charge in [0.2, 0.25) is 5.91 Å². The smallest absolute Gasteiger partial charge is 0.273 e. The van der Waals surface area contributed by atoms with Crippen molar-refractivity contribution in [1.82, 2.24) is 16.2 Å². The van der Waals surface area contributed by atoms with Gasteiger partial charge >= 0.3 is 6.03 Å². The normalized spacial score (nSPS) is 9.65. The first-order valence-corrected chi connectivity index (χ1v) is 6.58. The van der Waals surface area contributed by atoms with Gasteiger partial charge in [0.1, 0.15) is 0 Å². The second-order valence-electron chi connectivity index (χ2n) is 4.28. The number of hydrogen-bond acceptors (Lipinski definition) is 3. The van der Waals surface area contributed by atoms with E-state index in [2.05, 4.69) is 16.2 Å².